The van der Waals surface area contributed by atoms with Gasteiger partial charge in [-0.05, 0) is 49.6 Å². The van der Waals surface area contributed by atoms with Crippen LogP contribution in [0.3, 0.4) is 0 Å². The number of rotatable bonds is 4. The Morgan fingerprint density at radius 2 is 1.97 bits per heavy atom. The van der Waals surface area contributed by atoms with E-state index in [-0.39, 0.29) is 34.9 Å². The predicted molar refractivity (Wildman–Crippen MR) is 114 cm³/mol. The summed E-state index contributed by atoms with van der Waals surface area (Å²) in [6, 6.07) is 5.73. The Bertz CT molecular complexity index is 1000. The lowest BCUT2D eigenvalue weighted by Crippen LogP contribution is -2.55. The molecule has 0 aromatic heterocycles. The van der Waals surface area contributed by atoms with Crippen LogP contribution < -0.4 is 22.3 Å². The predicted octanol–water partition coefficient (Wildman–Crippen LogP) is 2.85. The summed E-state index contributed by atoms with van der Waals surface area (Å²) in [7, 11) is 0. The Hall–Kier alpha value is -2.72. The number of halogens is 3. The topological polar surface area (TPSA) is 109 Å². The van der Waals surface area contributed by atoms with Gasteiger partial charge in [-0.25, -0.2) is 5.43 Å². The first-order valence-electron chi connectivity index (χ1n) is 10.6. The first-order chi connectivity index (χ1) is 15.1. The molecular weight excluding hydrogens is 419 g/mol. The number of hydrogen-bond donors (Lipinski definition) is 4. The number of nitriles is 1. The van der Waals surface area contributed by atoms with Gasteiger partial charge in [0.15, 0.2) is 6.23 Å². The Morgan fingerprint density at radius 3 is 2.56 bits per heavy atom. The van der Waals surface area contributed by atoms with E-state index in [4.69, 9.17) is 16.2 Å². The Balaban J connectivity index is 2.32. The minimum atomic E-state index is -4.58. The second-order valence-corrected chi connectivity index (χ2v) is 8.51. The van der Waals surface area contributed by atoms with Crippen molar-refractivity contribution in [2.24, 2.45) is 23.3 Å². The highest BCUT2D eigenvalue weighted by Crippen LogP contribution is 2.53. The van der Waals surface area contributed by atoms with Gasteiger partial charge in [0.2, 0.25) is 5.88 Å². The molecule has 1 aromatic rings. The zero-order valence-corrected chi connectivity index (χ0v) is 18.3. The van der Waals surface area contributed by atoms with E-state index in [1.165, 1.54) is 0 Å². The van der Waals surface area contributed by atoms with Crippen molar-refractivity contribution >= 4 is 0 Å². The SMILES string of the molecule is CC1NNC2OC(N)=C(C#N)C(c3cc(C#CCCCN)cc(C(F)(F)F)c3)(C(C)C)C12. The smallest absolute Gasteiger partial charge is 0.416 e. The molecule has 9 heteroatoms. The van der Waals surface area contributed by atoms with Gasteiger partial charge in [-0.15, -0.1) is 0 Å². The average molecular weight is 448 g/mol. The van der Waals surface area contributed by atoms with Gasteiger partial charge in [-0.3, -0.25) is 5.43 Å². The van der Waals surface area contributed by atoms with Gasteiger partial charge >= 0.3 is 6.18 Å². The molecule has 1 aromatic carbocycles. The van der Waals surface area contributed by atoms with Crippen molar-refractivity contribution in [3.8, 4) is 17.9 Å². The molecule has 6 nitrogen and oxygen atoms in total. The monoisotopic (exact) mass is 447 g/mol. The first-order valence-corrected chi connectivity index (χ1v) is 10.6. The molecule has 2 aliphatic rings. The highest BCUT2D eigenvalue weighted by molar-refractivity contribution is 5.53. The number of nitrogens with zero attached hydrogens (tertiary/aromatic N) is 1. The van der Waals surface area contributed by atoms with E-state index in [0.29, 0.717) is 24.9 Å². The molecule has 32 heavy (non-hydrogen) atoms. The summed E-state index contributed by atoms with van der Waals surface area (Å²) in [6.45, 7) is 6.11. The maximum Gasteiger partial charge on any atom is 0.416 e. The highest BCUT2D eigenvalue weighted by atomic mass is 19.4. The number of nitrogens with two attached hydrogens (primary N) is 2. The molecule has 3 rings (SSSR count). The van der Waals surface area contributed by atoms with E-state index in [0.717, 1.165) is 12.1 Å². The third-order valence-electron chi connectivity index (χ3n) is 6.26. The number of hydrazine groups is 1. The van der Waals surface area contributed by atoms with Gasteiger partial charge in [-0.2, -0.15) is 18.4 Å². The van der Waals surface area contributed by atoms with E-state index >= 15 is 0 Å². The fraction of sp³-hybridized carbons (Fsp3) is 0.522. The van der Waals surface area contributed by atoms with Gasteiger partial charge in [0.25, 0.3) is 0 Å². The van der Waals surface area contributed by atoms with Gasteiger partial charge in [-0.1, -0.05) is 25.7 Å². The molecule has 172 valence electrons. The maximum atomic E-state index is 13.9. The summed E-state index contributed by atoms with van der Waals surface area (Å²) < 4.78 is 47.3. The second-order valence-electron chi connectivity index (χ2n) is 8.51. The van der Waals surface area contributed by atoms with E-state index < -0.39 is 23.4 Å². The molecule has 0 spiro atoms. The van der Waals surface area contributed by atoms with E-state index in [9.17, 15) is 18.4 Å². The van der Waals surface area contributed by atoms with E-state index in [2.05, 4.69) is 28.8 Å². The molecule has 2 heterocycles. The number of nitrogens with one attached hydrogen (secondary N) is 2. The van der Waals surface area contributed by atoms with Crippen molar-refractivity contribution < 1.29 is 17.9 Å². The molecule has 6 N–H and O–H groups in total. The van der Waals surface area contributed by atoms with Gasteiger partial charge in [0, 0.05) is 29.4 Å². The molecule has 0 aliphatic carbocycles. The quantitative estimate of drug-likeness (QED) is 0.418. The van der Waals surface area contributed by atoms with Crippen LogP contribution in [-0.2, 0) is 16.3 Å². The minimum absolute atomic E-state index is 0.0844. The Labute approximate surface area is 186 Å². The fourth-order valence-corrected chi connectivity index (χ4v) is 4.91. The Kier molecular flexibility index (Phi) is 6.75. The second kappa shape index (κ2) is 9.03. The number of alkyl halides is 3. The Morgan fingerprint density at radius 1 is 1.25 bits per heavy atom. The number of benzene rings is 1. The van der Waals surface area contributed by atoms with Gasteiger partial charge in [0.1, 0.15) is 11.6 Å². The molecule has 0 bridgehead atoms. The molecule has 1 fully saturated rings. The largest absolute Gasteiger partial charge is 0.458 e. The number of ether oxygens (including phenoxy) is 1. The number of hydrogen-bond acceptors (Lipinski definition) is 6. The van der Waals surface area contributed by atoms with Crippen LogP contribution >= 0.6 is 0 Å². The van der Waals surface area contributed by atoms with Crippen molar-refractivity contribution in [2.75, 3.05) is 6.54 Å². The normalized spacial score (nSPS) is 27.4. The van der Waals surface area contributed by atoms with Crippen molar-refractivity contribution in [1.29, 1.82) is 5.26 Å². The van der Waals surface area contributed by atoms with Crippen molar-refractivity contribution in [2.45, 2.75) is 57.5 Å². The standard InChI is InChI=1S/C23H28F3N5O/c1-13(2)22(18(12-28)20(29)32-21-19(22)14(3)30-31-21)16-9-15(7-5-4-6-8-27)10-17(11-16)23(24,25)26/h9-11,13-14,19,21,30-31H,4,6,8,27,29H2,1-3H3. The van der Waals surface area contributed by atoms with Crippen LogP contribution in [0.4, 0.5) is 13.2 Å². The van der Waals surface area contributed by atoms with E-state index in [1.807, 2.05) is 20.8 Å². The zero-order chi connectivity index (χ0) is 23.7. The summed E-state index contributed by atoms with van der Waals surface area (Å²) in [5.74, 6) is 5.00. The van der Waals surface area contributed by atoms with Crippen molar-refractivity contribution in [1.82, 2.24) is 10.9 Å². The first kappa shape index (κ1) is 23.9. The molecule has 4 unspecified atom stereocenters. The summed E-state index contributed by atoms with van der Waals surface area (Å²) in [5, 5.41) is 10.0. The third kappa shape index (κ3) is 4.04. The molecular formula is C23H28F3N5O. The van der Waals surface area contributed by atoms with Gasteiger partial charge in [0.05, 0.1) is 5.56 Å². The minimum Gasteiger partial charge on any atom is -0.458 e. The number of unbranched alkanes of at least 4 members (excludes halogenated alkanes) is 1. The molecule has 0 radical (unpaired) electrons. The number of fused-ring (bicyclic) bond motifs is 1. The van der Waals surface area contributed by atoms with Gasteiger partial charge < -0.3 is 16.2 Å². The lowest BCUT2D eigenvalue weighted by atomic mass is 9.56. The molecule has 0 amide bonds. The molecule has 0 saturated carbocycles. The third-order valence-corrected chi connectivity index (χ3v) is 6.26. The zero-order valence-electron chi connectivity index (χ0n) is 18.3. The lowest BCUT2D eigenvalue weighted by molar-refractivity contribution is -0.137. The van der Waals surface area contributed by atoms with E-state index in [1.54, 1.807) is 6.07 Å². The fourth-order valence-electron chi connectivity index (χ4n) is 4.91. The summed E-state index contributed by atoms with van der Waals surface area (Å²) in [4.78, 5) is 0. The molecule has 4 atom stereocenters. The summed E-state index contributed by atoms with van der Waals surface area (Å²) >= 11 is 0. The lowest BCUT2D eigenvalue weighted by Gasteiger charge is -2.48. The highest BCUT2D eigenvalue weighted by Gasteiger charge is 2.59. The van der Waals surface area contributed by atoms with Crippen LogP contribution in [-0.4, -0.2) is 18.8 Å². The number of allylic oxidation sites excluding steroid dienone is 1. The summed E-state index contributed by atoms with van der Waals surface area (Å²) in [5.41, 5.74) is 16.5. The van der Waals surface area contributed by atoms with Crippen molar-refractivity contribution in [3.05, 3.63) is 46.3 Å². The van der Waals surface area contributed by atoms with Crippen LogP contribution in [0.2, 0.25) is 0 Å². The summed E-state index contributed by atoms with van der Waals surface area (Å²) in [6.07, 6.45) is -4.04. The molecule has 1 saturated heterocycles. The van der Waals surface area contributed by atoms with Crippen LogP contribution in [0, 0.1) is 35.0 Å². The van der Waals surface area contributed by atoms with Crippen LogP contribution in [0.15, 0.2) is 29.7 Å². The van der Waals surface area contributed by atoms with Crippen LogP contribution in [0.25, 0.3) is 0 Å². The molecule has 2 aliphatic heterocycles. The average Bonchev–Trinajstić information content (AvgIpc) is 3.09. The van der Waals surface area contributed by atoms with Crippen molar-refractivity contribution in [3.63, 3.8) is 0 Å². The van der Waals surface area contributed by atoms with Crippen LogP contribution in [0.1, 0.15) is 50.3 Å². The maximum absolute atomic E-state index is 13.9. The van der Waals surface area contributed by atoms with Crippen LogP contribution in [0.5, 0.6) is 0 Å².